The van der Waals surface area contributed by atoms with Crippen molar-refractivity contribution < 1.29 is 19.3 Å². The average molecular weight is 498 g/mol. The van der Waals surface area contributed by atoms with Gasteiger partial charge in [0, 0.05) is 43.0 Å². The van der Waals surface area contributed by atoms with Gasteiger partial charge in [-0.1, -0.05) is 20.8 Å². The van der Waals surface area contributed by atoms with Crippen molar-refractivity contribution in [2.24, 2.45) is 9.85 Å². The summed E-state index contributed by atoms with van der Waals surface area (Å²) in [5, 5.41) is 14.7. The fourth-order valence-electron chi connectivity index (χ4n) is 4.16. The molecule has 2 aliphatic heterocycles. The molecule has 2 aliphatic rings. The van der Waals surface area contributed by atoms with E-state index in [2.05, 4.69) is 40.6 Å². The average Bonchev–Trinajstić information content (AvgIpc) is 2.79. The lowest BCUT2D eigenvalue weighted by molar-refractivity contribution is 0.0551. The first-order chi connectivity index (χ1) is 15.8. The van der Waals surface area contributed by atoms with Gasteiger partial charge < -0.3 is 19.3 Å². The Morgan fingerprint density at radius 3 is 2.21 bits per heavy atom. The highest BCUT2D eigenvalue weighted by atomic mass is 32.1. The van der Waals surface area contributed by atoms with Crippen LogP contribution in [0.1, 0.15) is 33.3 Å². The van der Waals surface area contributed by atoms with Crippen molar-refractivity contribution >= 4 is 30.9 Å². The van der Waals surface area contributed by atoms with Gasteiger partial charge in [0.25, 0.3) is 0 Å². The van der Waals surface area contributed by atoms with Gasteiger partial charge in [0.2, 0.25) is 5.11 Å². The normalized spacial score (nSPS) is 18.9. The van der Waals surface area contributed by atoms with Crippen molar-refractivity contribution in [3.05, 3.63) is 23.8 Å². The zero-order chi connectivity index (χ0) is 23.9. The minimum absolute atomic E-state index is 0.0903. The van der Waals surface area contributed by atoms with Crippen molar-refractivity contribution in [3.8, 4) is 11.5 Å². The quantitative estimate of drug-likeness (QED) is 0.267. The van der Waals surface area contributed by atoms with Crippen LogP contribution in [0.15, 0.2) is 28.0 Å². The molecular formula is C22H36N5O4PS. The Kier molecular flexibility index (Phi) is 9.26. The molecule has 2 heterocycles. The maximum absolute atomic E-state index is 10.2. The number of hydrogen-bond acceptors (Lipinski definition) is 6. The monoisotopic (exact) mass is 497 g/mol. The summed E-state index contributed by atoms with van der Waals surface area (Å²) in [6.07, 6.45) is 1.54. The Bertz CT molecular complexity index is 871. The van der Waals surface area contributed by atoms with Crippen LogP contribution < -0.4 is 10.2 Å². The van der Waals surface area contributed by atoms with Crippen molar-refractivity contribution in [2.75, 3.05) is 59.2 Å². The molecule has 2 N–H and O–H groups in total. The number of phenolic OH excluding ortho intramolecular Hbond substituents is 1. The van der Waals surface area contributed by atoms with E-state index in [1.54, 1.807) is 18.2 Å². The second-order valence-corrected chi connectivity index (χ2v) is 13.0. The van der Waals surface area contributed by atoms with Crippen LogP contribution in [0.5, 0.6) is 11.5 Å². The van der Waals surface area contributed by atoms with E-state index < -0.39 is 7.36 Å². The van der Waals surface area contributed by atoms with Crippen molar-refractivity contribution in [3.63, 3.8) is 0 Å². The summed E-state index contributed by atoms with van der Waals surface area (Å²) in [4.78, 5) is 0. The minimum atomic E-state index is -2.23. The predicted molar refractivity (Wildman–Crippen MR) is 136 cm³/mol. The molecule has 0 aliphatic carbocycles. The van der Waals surface area contributed by atoms with Crippen LogP contribution in [0.2, 0.25) is 0 Å². The second kappa shape index (κ2) is 11.7. The van der Waals surface area contributed by atoms with E-state index in [9.17, 15) is 5.11 Å². The molecule has 184 valence electrons. The number of morpholine rings is 2. The summed E-state index contributed by atoms with van der Waals surface area (Å²) in [6.45, 7) is 15.2. The molecule has 0 atom stereocenters. The number of aromatic hydroxyl groups is 1. The minimum Gasteiger partial charge on any atom is -0.507 e. The largest absolute Gasteiger partial charge is 0.507 e. The lowest BCUT2D eigenvalue weighted by Gasteiger charge is -2.52. The molecule has 0 aromatic heterocycles. The number of hydrogen-bond donors (Lipinski definition) is 2. The van der Waals surface area contributed by atoms with Gasteiger partial charge in [0.05, 0.1) is 39.2 Å². The zero-order valence-electron chi connectivity index (χ0n) is 20.0. The molecule has 2 saturated heterocycles. The molecule has 1 aromatic carbocycles. The maximum Gasteiger partial charge on any atom is 0.214 e. The first kappa shape index (κ1) is 26.1. The third-order valence-corrected chi connectivity index (χ3v) is 10.5. The van der Waals surface area contributed by atoms with E-state index in [1.165, 1.54) is 6.21 Å². The Hall–Kier alpha value is -1.55. The number of hydrazone groups is 1. The van der Waals surface area contributed by atoms with E-state index in [0.29, 0.717) is 49.5 Å². The van der Waals surface area contributed by atoms with Gasteiger partial charge in [-0.25, -0.2) is 4.74 Å². The fourth-order valence-corrected chi connectivity index (χ4v) is 8.91. The number of nitrogens with zero attached hydrogens (tertiary/aromatic N) is 4. The number of phenols is 1. The molecule has 2 fully saturated rings. The number of nitrogens with one attached hydrogen (secondary N) is 1. The molecule has 0 amide bonds. The zero-order valence-corrected chi connectivity index (χ0v) is 21.7. The van der Waals surface area contributed by atoms with Gasteiger partial charge >= 0.3 is 0 Å². The molecule has 33 heavy (non-hydrogen) atoms. The van der Waals surface area contributed by atoms with Gasteiger partial charge in [0.15, 0.2) is 0 Å². The molecular weight excluding hydrogens is 461 g/mol. The highest BCUT2D eigenvalue weighted by molar-refractivity contribution is 7.81. The van der Waals surface area contributed by atoms with Crippen molar-refractivity contribution in [2.45, 2.75) is 32.9 Å². The highest BCUT2D eigenvalue weighted by Gasteiger charge is 2.45. The third-order valence-electron chi connectivity index (χ3n) is 5.57. The van der Waals surface area contributed by atoms with E-state index >= 15 is 0 Å². The molecule has 11 heteroatoms. The van der Waals surface area contributed by atoms with Crippen LogP contribution in [0.4, 0.5) is 0 Å². The van der Waals surface area contributed by atoms with Crippen LogP contribution in [0.3, 0.4) is 0 Å². The smallest absolute Gasteiger partial charge is 0.214 e. The Labute approximate surface area is 202 Å². The first-order valence-electron chi connectivity index (χ1n) is 11.4. The van der Waals surface area contributed by atoms with Crippen LogP contribution in [-0.2, 0) is 9.47 Å². The Balaban J connectivity index is 1.86. The molecule has 1 aromatic rings. The van der Waals surface area contributed by atoms with Crippen LogP contribution >= 0.6 is 19.6 Å². The third kappa shape index (κ3) is 6.32. The van der Waals surface area contributed by atoms with Gasteiger partial charge in [-0.05, 0) is 31.3 Å². The van der Waals surface area contributed by atoms with Crippen molar-refractivity contribution in [1.82, 2.24) is 14.8 Å². The van der Waals surface area contributed by atoms with E-state index in [4.69, 9.17) is 31.2 Å². The number of rotatable bonds is 6. The lowest BCUT2D eigenvalue weighted by atomic mass is 10.2. The van der Waals surface area contributed by atoms with Crippen LogP contribution in [0, 0.1) is 0 Å². The summed E-state index contributed by atoms with van der Waals surface area (Å²) in [5.41, 5.74) is 3.47. The van der Waals surface area contributed by atoms with Gasteiger partial charge in [-0.15, -0.1) is 0 Å². The first-order valence-corrected chi connectivity index (χ1v) is 13.4. The SMILES string of the molecule is CCOc1ccc(/C=N\NC(=S)N=P(N2CCOCC2)(N2CCOCC2)C(C)(C)C)c(O)c1. The Morgan fingerprint density at radius 2 is 1.73 bits per heavy atom. The standard InChI is InChI=1S/C22H36N5O4PS/c1-5-31-19-7-6-18(20(28)16-19)17-23-24-21(33)25-32(22(2,3)4,26-8-12-29-13-9-26)27-10-14-30-15-11-27/h6-7,16-17,28H,5,8-15H2,1-4H3,(H,24,33)/b23-17-. The molecule has 3 rings (SSSR count). The maximum atomic E-state index is 10.2. The van der Waals surface area contributed by atoms with Crippen LogP contribution in [-0.4, -0.2) is 90.1 Å². The molecule has 0 bridgehead atoms. The molecule has 0 spiro atoms. The fraction of sp³-hybridized carbons (Fsp3) is 0.636. The second-order valence-electron chi connectivity index (χ2n) is 8.80. The van der Waals surface area contributed by atoms with E-state index in [0.717, 1.165) is 26.2 Å². The van der Waals surface area contributed by atoms with E-state index in [-0.39, 0.29) is 10.9 Å². The van der Waals surface area contributed by atoms with Gasteiger partial charge in [-0.2, -0.15) is 5.10 Å². The summed E-state index contributed by atoms with van der Waals surface area (Å²) >= 11 is 5.65. The molecule has 9 nitrogen and oxygen atoms in total. The lowest BCUT2D eigenvalue weighted by Crippen LogP contribution is -2.48. The number of thiocarbonyl (C=S) groups is 1. The summed E-state index contributed by atoms with van der Waals surface area (Å²) < 4.78 is 26.8. The number of benzene rings is 1. The summed E-state index contributed by atoms with van der Waals surface area (Å²) in [5.74, 6) is 0.703. The molecule has 0 radical (unpaired) electrons. The Morgan fingerprint density at radius 1 is 1.15 bits per heavy atom. The number of ether oxygens (including phenoxy) is 3. The van der Waals surface area contributed by atoms with Crippen LogP contribution in [0.25, 0.3) is 0 Å². The topological polar surface area (TPSA) is 91.2 Å². The molecule has 0 saturated carbocycles. The highest BCUT2D eigenvalue weighted by Crippen LogP contribution is 2.66. The molecule has 0 unspecified atom stereocenters. The summed E-state index contributed by atoms with van der Waals surface area (Å²) in [6, 6.07) is 5.11. The predicted octanol–water partition coefficient (Wildman–Crippen LogP) is 3.49. The van der Waals surface area contributed by atoms with Crippen molar-refractivity contribution in [1.29, 1.82) is 0 Å². The summed E-state index contributed by atoms with van der Waals surface area (Å²) in [7, 11) is -2.23. The van der Waals surface area contributed by atoms with Gasteiger partial charge in [0.1, 0.15) is 18.9 Å². The van der Waals surface area contributed by atoms with Gasteiger partial charge in [-0.3, -0.25) is 14.8 Å². The van der Waals surface area contributed by atoms with E-state index in [1.807, 2.05) is 6.92 Å².